The van der Waals surface area contributed by atoms with Gasteiger partial charge in [0, 0.05) is 5.56 Å². The first-order valence-electron chi connectivity index (χ1n) is 7.25. The van der Waals surface area contributed by atoms with Crippen LogP contribution in [-0.2, 0) is 0 Å². The predicted molar refractivity (Wildman–Crippen MR) is 90.1 cm³/mol. The van der Waals surface area contributed by atoms with Gasteiger partial charge in [-0.2, -0.15) is 10.2 Å². The van der Waals surface area contributed by atoms with Crippen LogP contribution in [0.2, 0.25) is 0 Å². The number of carbonyl (C=O) groups is 1. The molecule has 5 nitrogen and oxygen atoms in total. The van der Waals surface area contributed by atoms with Crippen molar-refractivity contribution in [3.05, 3.63) is 78.0 Å². The van der Waals surface area contributed by atoms with Gasteiger partial charge < -0.3 is 0 Å². The van der Waals surface area contributed by atoms with Crippen LogP contribution in [-0.4, -0.2) is 21.8 Å². The highest BCUT2D eigenvalue weighted by molar-refractivity contribution is 6.00. The average Bonchev–Trinajstić information content (AvgIpc) is 3.11. The van der Waals surface area contributed by atoms with Crippen molar-refractivity contribution in [3.8, 4) is 11.3 Å². The van der Waals surface area contributed by atoms with Crippen molar-refractivity contribution in [1.82, 2.24) is 15.6 Å². The molecule has 0 aliphatic carbocycles. The molecule has 0 bridgehead atoms. The number of aromatic amines is 1. The number of amides is 1. The maximum absolute atomic E-state index is 12.1. The predicted octanol–water partition coefficient (Wildman–Crippen LogP) is 3.23. The van der Waals surface area contributed by atoms with Gasteiger partial charge in [-0.05, 0) is 18.6 Å². The van der Waals surface area contributed by atoms with E-state index < -0.39 is 0 Å². The molecular weight excluding hydrogens is 288 g/mol. The summed E-state index contributed by atoms with van der Waals surface area (Å²) in [5.41, 5.74) is 6.28. The first-order chi connectivity index (χ1) is 11.2. The number of aromatic nitrogens is 2. The zero-order valence-corrected chi connectivity index (χ0v) is 12.7. The Morgan fingerprint density at radius 2 is 1.70 bits per heavy atom. The molecule has 1 heterocycles. The monoisotopic (exact) mass is 304 g/mol. The SMILES string of the molecule is C/C(=N/NC(=O)c1cc(-c2ccccc2)n[nH]1)c1ccccc1. The fraction of sp³-hybridized carbons (Fsp3) is 0.0556. The molecule has 0 unspecified atom stereocenters. The van der Waals surface area contributed by atoms with E-state index in [-0.39, 0.29) is 5.91 Å². The third kappa shape index (κ3) is 3.52. The zero-order valence-electron chi connectivity index (χ0n) is 12.7. The Hall–Kier alpha value is -3.21. The Labute approximate surface area is 134 Å². The summed E-state index contributed by atoms with van der Waals surface area (Å²) >= 11 is 0. The van der Waals surface area contributed by atoms with Gasteiger partial charge in [0.2, 0.25) is 0 Å². The summed E-state index contributed by atoms with van der Waals surface area (Å²) in [6.45, 7) is 1.85. The largest absolute Gasteiger partial charge is 0.289 e. The van der Waals surface area contributed by atoms with Crippen molar-refractivity contribution < 1.29 is 4.79 Å². The molecule has 0 saturated heterocycles. The first-order valence-corrected chi connectivity index (χ1v) is 7.25. The van der Waals surface area contributed by atoms with Gasteiger partial charge in [-0.15, -0.1) is 0 Å². The number of nitrogens with zero attached hydrogens (tertiary/aromatic N) is 2. The number of hydrogen-bond donors (Lipinski definition) is 2. The summed E-state index contributed by atoms with van der Waals surface area (Å²) in [6, 6.07) is 21.0. The van der Waals surface area contributed by atoms with E-state index in [0.29, 0.717) is 5.69 Å². The van der Waals surface area contributed by atoms with Gasteiger partial charge in [-0.1, -0.05) is 60.7 Å². The van der Waals surface area contributed by atoms with Crippen LogP contribution in [0.25, 0.3) is 11.3 Å². The molecule has 0 fully saturated rings. The highest BCUT2D eigenvalue weighted by Gasteiger charge is 2.10. The lowest BCUT2D eigenvalue weighted by Crippen LogP contribution is -2.19. The van der Waals surface area contributed by atoms with Crippen molar-refractivity contribution in [2.75, 3.05) is 0 Å². The van der Waals surface area contributed by atoms with E-state index >= 15 is 0 Å². The van der Waals surface area contributed by atoms with Crippen LogP contribution in [0.5, 0.6) is 0 Å². The second-order valence-corrected chi connectivity index (χ2v) is 5.04. The molecule has 114 valence electrons. The van der Waals surface area contributed by atoms with E-state index in [1.165, 1.54) is 0 Å². The highest BCUT2D eigenvalue weighted by atomic mass is 16.2. The van der Waals surface area contributed by atoms with Gasteiger partial charge in [0.1, 0.15) is 5.69 Å². The van der Waals surface area contributed by atoms with E-state index in [4.69, 9.17) is 0 Å². The molecule has 0 atom stereocenters. The lowest BCUT2D eigenvalue weighted by molar-refractivity contribution is 0.0950. The second-order valence-electron chi connectivity index (χ2n) is 5.04. The number of carbonyl (C=O) groups excluding carboxylic acids is 1. The molecule has 0 radical (unpaired) electrons. The average molecular weight is 304 g/mol. The smallest absolute Gasteiger partial charge is 0.272 e. The maximum atomic E-state index is 12.1. The lowest BCUT2D eigenvalue weighted by atomic mass is 10.1. The van der Waals surface area contributed by atoms with Crippen molar-refractivity contribution in [2.45, 2.75) is 6.92 Å². The topological polar surface area (TPSA) is 70.1 Å². The Morgan fingerprint density at radius 1 is 1.04 bits per heavy atom. The fourth-order valence-electron chi connectivity index (χ4n) is 2.13. The van der Waals surface area contributed by atoms with Crippen LogP contribution in [0.1, 0.15) is 23.0 Å². The minimum absolute atomic E-state index is 0.324. The highest BCUT2D eigenvalue weighted by Crippen LogP contribution is 2.16. The summed E-state index contributed by atoms with van der Waals surface area (Å²) in [5.74, 6) is -0.324. The van der Waals surface area contributed by atoms with Crippen molar-refractivity contribution in [3.63, 3.8) is 0 Å². The molecule has 3 rings (SSSR count). The molecule has 2 N–H and O–H groups in total. The normalized spacial score (nSPS) is 11.3. The Bertz CT molecular complexity index is 822. The van der Waals surface area contributed by atoms with Crippen molar-refractivity contribution in [1.29, 1.82) is 0 Å². The fourth-order valence-corrected chi connectivity index (χ4v) is 2.13. The third-order valence-electron chi connectivity index (χ3n) is 3.41. The molecule has 5 heteroatoms. The number of rotatable bonds is 4. The van der Waals surface area contributed by atoms with Crippen LogP contribution in [0.15, 0.2) is 71.8 Å². The zero-order chi connectivity index (χ0) is 16.1. The van der Waals surface area contributed by atoms with Gasteiger partial charge in [0.05, 0.1) is 11.4 Å². The first kappa shape index (κ1) is 14.7. The Kier molecular flexibility index (Phi) is 4.29. The molecule has 0 saturated carbocycles. The summed E-state index contributed by atoms with van der Waals surface area (Å²) in [7, 11) is 0. The summed E-state index contributed by atoms with van der Waals surface area (Å²) in [5, 5.41) is 11.0. The van der Waals surface area contributed by atoms with Crippen LogP contribution in [0.3, 0.4) is 0 Å². The summed E-state index contributed by atoms with van der Waals surface area (Å²) in [6.07, 6.45) is 0. The summed E-state index contributed by atoms with van der Waals surface area (Å²) < 4.78 is 0. The Balaban J connectivity index is 1.71. The van der Waals surface area contributed by atoms with Crippen molar-refractivity contribution >= 4 is 11.6 Å². The minimum atomic E-state index is -0.324. The van der Waals surface area contributed by atoms with E-state index in [1.807, 2.05) is 67.6 Å². The maximum Gasteiger partial charge on any atom is 0.289 e. The molecular formula is C18H16N4O. The number of hydrazone groups is 1. The summed E-state index contributed by atoms with van der Waals surface area (Å²) in [4.78, 5) is 12.1. The lowest BCUT2D eigenvalue weighted by Gasteiger charge is -2.01. The van der Waals surface area contributed by atoms with Gasteiger partial charge in [0.25, 0.3) is 5.91 Å². The van der Waals surface area contributed by atoms with E-state index in [1.54, 1.807) is 6.07 Å². The van der Waals surface area contributed by atoms with Gasteiger partial charge in [0.15, 0.2) is 0 Å². The van der Waals surface area contributed by atoms with E-state index in [9.17, 15) is 4.79 Å². The molecule has 0 aliphatic rings. The van der Waals surface area contributed by atoms with Gasteiger partial charge >= 0.3 is 0 Å². The quantitative estimate of drug-likeness (QED) is 0.574. The van der Waals surface area contributed by atoms with E-state index in [0.717, 1.165) is 22.5 Å². The number of hydrogen-bond acceptors (Lipinski definition) is 3. The molecule has 3 aromatic rings. The minimum Gasteiger partial charge on any atom is -0.272 e. The van der Waals surface area contributed by atoms with Crippen LogP contribution >= 0.6 is 0 Å². The number of H-pyrrole nitrogens is 1. The molecule has 0 spiro atoms. The van der Waals surface area contributed by atoms with E-state index in [2.05, 4.69) is 20.7 Å². The van der Waals surface area contributed by atoms with Crippen LogP contribution in [0, 0.1) is 0 Å². The number of benzene rings is 2. The van der Waals surface area contributed by atoms with Gasteiger partial charge in [-0.25, -0.2) is 5.43 Å². The third-order valence-corrected chi connectivity index (χ3v) is 3.41. The molecule has 2 aromatic carbocycles. The second kappa shape index (κ2) is 6.70. The standard InChI is InChI=1S/C18H16N4O/c1-13(14-8-4-2-5-9-14)19-22-18(23)17-12-16(20-21-17)15-10-6-3-7-11-15/h2-12H,1H3,(H,20,21)(H,22,23)/b19-13-. The molecule has 0 aliphatic heterocycles. The van der Waals surface area contributed by atoms with Gasteiger partial charge in [-0.3, -0.25) is 9.89 Å². The van der Waals surface area contributed by atoms with Crippen LogP contribution in [0.4, 0.5) is 0 Å². The molecule has 23 heavy (non-hydrogen) atoms. The molecule has 1 amide bonds. The molecule has 1 aromatic heterocycles. The van der Waals surface area contributed by atoms with Crippen molar-refractivity contribution in [2.24, 2.45) is 5.10 Å². The number of nitrogens with one attached hydrogen (secondary N) is 2. The van der Waals surface area contributed by atoms with Crippen LogP contribution < -0.4 is 5.43 Å². The Morgan fingerprint density at radius 3 is 2.39 bits per heavy atom.